The van der Waals surface area contributed by atoms with Crippen molar-refractivity contribution in [1.29, 1.82) is 0 Å². The lowest BCUT2D eigenvalue weighted by Crippen LogP contribution is -2.07. The SMILES string of the molecule is Cc1cccc(CC(O)c2cc(C)nnc2C)c1. The maximum atomic E-state index is 10.3. The second-order valence-electron chi connectivity index (χ2n) is 4.74. The Morgan fingerprint density at radius 2 is 1.89 bits per heavy atom. The standard InChI is InChI=1S/C15H18N2O/c1-10-5-4-6-13(7-10)9-15(18)14-8-11(2)16-17-12(14)3/h4-8,15,18H,9H2,1-3H3. The molecule has 94 valence electrons. The highest BCUT2D eigenvalue weighted by atomic mass is 16.3. The molecule has 0 aliphatic carbocycles. The lowest BCUT2D eigenvalue weighted by Gasteiger charge is -2.13. The molecule has 18 heavy (non-hydrogen) atoms. The normalized spacial score (nSPS) is 12.4. The number of aryl methyl sites for hydroxylation is 3. The fourth-order valence-electron chi connectivity index (χ4n) is 2.08. The van der Waals surface area contributed by atoms with Crippen molar-refractivity contribution in [2.75, 3.05) is 0 Å². The van der Waals surface area contributed by atoms with Crippen LogP contribution in [0.3, 0.4) is 0 Å². The molecular formula is C15H18N2O. The number of hydrogen-bond donors (Lipinski definition) is 1. The first-order valence-electron chi connectivity index (χ1n) is 6.10. The predicted molar refractivity (Wildman–Crippen MR) is 71.3 cm³/mol. The molecule has 1 heterocycles. The Hall–Kier alpha value is -1.74. The van der Waals surface area contributed by atoms with Gasteiger partial charge in [0.15, 0.2) is 0 Å². The lowest BCUT2D eigenvalue weighted by molar-refractivity contribution is 0.177. The summed E-state index contributed by atoms with van der Waals surface area (Å²) in [6.07, 6.45) is 0.0780. The minimum Gasteiger partial charge on any atom is -0.388 e. The molecule has 1 aromatic carbocycles. The van der Waals surface area contributed by atoms with Gasteiger partial charge in [-0.2, -0.15) is 10.2 Å². The van der Waals surface area contributed by atoms with Crippen molar-refractivity contribution in [2.24, 2.45) is 0 Å². The van der Waals surface area contributed by atoms with E-state index in [-0.39, 0.29) is 0 Å². The zero-order valence-corrected chi connectivity index (χ0v) is 11.0. The summed E-state index contributed by atoms with van der Waals surface area (Å²) in [6.45, 7) is 5.82. The molecule has 0 bridgehead atoms. The van der Waals surface area contributed by atoms with Crippen molar-refractivity contribution in [1.82, 2.24) is 10.2 Å². The van der Waals surface area contributed by atoms with Crippen molar-refractivity contribution in [3.63, 3.8) is 0 Å². The van der Waals surface area contributed by atoms with Gasteiger partial charge in [0.25, 0.3) is 0 Å². The Balaban J connectivity index is 2.21. The van der Waals surface area contributed by atoms with Crippen LogP contribution in [0.25, 0.3) is 0 Å². The third kappa shape index (κ3) is 2.93. The maximum absolute atomic E-state index is 10.3. The van der Waals surface area contributed by atoms with Gasteiger partial charge in [0, 0.05) is 12.0 Å². The summed E-state index contributed by atoms with van der Waals surface area (Å²) in [4.78, 5) is 0. The van der Waals surface area contributed by atoms with Crippen LogP contribution in [0.4, 0.5) is 0 Å². The molecule has 1 N–H and O–H groups in total. The number of aliphatic hydroxyl groups excluding tert-OH is 1. The molecule has 3 nitrogen and oxygen atoms in total. The number of rotatable bonds is 3. The van der Waals surface area contributed by atoms with Gasteiger partial charge in [-0.15, -0.1) is 0 Å². The highest BCUT2D eigenvalue weighted by Gasteiger charge is 2.13. The van der Waals surface area contributed by atoms with Crippen LogP contribution in [0.15, 0.2) is 30.3 Å². The summed E-state index contributed by atoms with van der Waals surface area (Å²) in [7, 11) is 0. The average Bonchev–Trinajstić information content (AvgIpc) is 2.32. The summed E-state index contributed by atoms with van der Waals surface area (Å²) in [6, 6.07) is 10.1. The third-order valence-electron chi connectivity index (χ3n) is 3.01. The smallest absolute Gasteiger partial charge is 0.0849 e. The minimum atomic E-state index is -0.527. The molecule has 3 heteroatoms. The van der Waals surface area contributed by atoms with Gasteiger partial charge >= 0.3 is 0 Å². The Kier molecular flexibility index (Phi) is 3.72. The van der Waals surface area contributed by atoms with E-state index in [4.69, 9.17) is 0 Å². The first-order valence-corrected chi connectivity index (χ1v) is 6.10. The van der Waals surface area contributed by atoms with E-state index in [1.54, 1.807) is 0 Å². The quantitative estimate of drug-likeness (QED) is 0.900. The van der Waals surface area contributed by atoms with E-state index in [9.17, 15) is 5.11 Å². The van der Waals surface area contributed by atoms with E-state index in [0.29, 0.717) is 6.42 Å². The first-order chi connectivity index (χ1) is 8.56. The van der Waals surface area contributed by atoms with E-state index in [0.717, 1.165) is 22.5 Å². The molecule has 2 aromatic rings. The van der Waals surface area contributed by atoms with Crippen molar-refractivity contribution < 1.29 is 5.11 Å². The van der Waals surface area contributed by atoms with Crippen molar-refractivity contribution in [2.45, 2.75) is 33.3 Å². The molecule has 1 atom stereocenters. The number of aromatic nitrogens is 2. The molecule has 1 aromatic heterocycles. The van der Waals surface area contributed by atoms with Crippen molar-refractivity contribution >= 4 is 0 Å². The number of nitrogens with zero attached hydrogens (tertiary/aromatic N) is 2. The maximum Gasteiger partial charge on any atom is 0.0849 e. The first kappa shape index (κ1) is 12.7. The summed E-state index contributed by atoms with van der Waals surface area (Å²) < 4.78 is 0. The van der Waals surface area contributed by atoms with Crippen molar-refractivity contribution in [3.05, 3.63) is 58.4 Å². The fraction of sp³-hybridized carbons (Fsp3) is 0.333. The van der Waals surface area contributed by atoms with Gasteiger partial charge < -0.3 is 5.11 Å². The molecular weight excluding hydrogens is 224 g/mol. The molecule has 0 fully saturated rings. The van der Waals surface area contributed by atoms with Crippen molar-refractivity contribution in [3.8, 4) is 0 Å². The summed E-state index contributed by atoms with van der Waals surface area (Å²) in [5, 5.41) is 18.3. The third-order valence-corrected chi connectivity index (χ3v) is 3.01. The van der Waals surface area contributed by atoms with Gasteiger partial charge in [-0.05, 0) is 32.4 Å². The second kappa shape index (κ2) is 5.27. The van der Waals surface area contributed by atoms with Crippen LogP contribution in [0, 0.1) is 20.8 Å². The van der Waals surface area contributed by atoms with E-state index in [2.05, 4.69) is 29.3 Å². The summed E-state index contributed by atoms with van der Waals surface area (Å²) in [5.74, 6) is 0. The Bertz CT molecular complexity index is 552. The molecule has 0 radical (unpaired) electrons. The Morgan fingerprint density at radius 1 is 1.11 bits per heavy atom. The average molecular weight is 242 g/mol. The van der Waals surface area contributed by atoms with Crippen LogP contribution in [-0.4, -0.2) is 15.3 Å². The Labute approximate surface area is 108 Å². The zero-order chi connectivity index (χ0) is 13.1. The molecule has 2 rings (SSSR count). The fourth-order valence-corrected chi connectivity index (χ4v) is 2.08. The molecule has 0 saturated heterocycles. The van der Waals surface area contributed by atoms with Crippen LogP contribution in [0.1, 0.15) is 34.2 Å². The van der Waals surface area contributed by atoms with Gasteiger partial charge in [0.2, 0.25) is 0 Å². The molecule has 0 aliphatic heterocycles. The second-order valence-corrected chi connectivity index (χ2v) is 4.74. The van der Waals surface area contributed by atoms with Crippen LogP contribution in [0.5, 0.6) is 0 Å². The number of hydrogen-bond acceptors (Lipinski definition) is 3. The van der Waals surface area contributed by atoms with E-state index in [1.165, 1.54) is 5.56 Å². The zero-order valence-electron chi connectivity index (χ0n) is 11.0. The number of benzene rings is 1. The van der Waals surface area contributed by atoms with E-state index >= 15 is 0 Å². The largest absolute Gasteiger partial charge is 0.388 e. The molecule has 0 spiro atoms. The van der Waals surface area contributed by atoms with E-state index < -0.39 is 6.10 Å². The van der Waals surface area contributed by atoms with Gasteiger partial charge in [-0.1, -0.05) is 29.8 Å². The summed E-state index contributed by atoms with van der Waals surface area (Å²) in [5.41, 5.74) is 4.83. The van der Waals surface area contributed by atoms with E-state index in [1.807, 2.05) is 32.0 Å². The monoisotopic (exact) mass is 242 g/mol. The van der Waals surface area contributed by atoms with Gasteiger partial charge in [0.05, 0.1) is 17.5 Å². The van der Waals surface area contributed by atoms with Gasteiger partial charge in [-0.25, -0.2) is 0 Å². The van der Waals surface area contributed by atoms with Crippen LogP contribution in [-0.2, 0) is 6.42 Å². The number of aliphatic hydroxyl groups is 1. The predicted octanol–water partition coefficient (Wildman–Crippen LogP) is 2.68. The summed E-state index contributed by atoms with van der Waals surface area (Å²) >= 11 is 0. The highest BCUT2D eigenvalue weighted by molar-refractivity contribution is 5.27. The highest BCUT2D eigenvalue weighted by Crippen LogP contribution is 2.21. The van der Waals surface area contributed by atoms with Crippen LogP contribution < -0.4 is 0 Å². The van der Waals surface area contributed by atoms with Gasteiger partial charge in [0.1, 0.15) is 0 Å². The van der Waals surface area contributed by atoms with Crippen LogP contribution in [0.2, 0.25) is 0 Å². The molecule has 0 amide bonds. The molecule has 0 aliphatic rings. The minimum absolute atomic E-state index is 0.527. The van der Waals surface area contributed by atoms with Gasteiger partial charge in [-0.3, -0.25) is 0 Å². The molecule has 1 unspecified atom stereocenters. The van der Waals surface area contributed by atoms with Crippen LogP contribution >= 0.6 is 0 Å². The topological polar surface area (TPSA) is 46.0 Å². The molecule has 0 saturated carbocycles. The lowest BCUT2D eigenvalue weighted by atomic mass is 9.99. The Morgan fingerprint density at radius 3 is 2.61 bits per heavy atom.